The Bertz CT molecular complexity index is 309. The highest BCUT2D eigenvalue weighted by Crippen LogP contribution is 2.26. The van der Waals surface area contributed by atoms with Crippen LogP contribution in [0.5, 0.6) is 0 Å². The van der Waals surface area contributed by atoms with Crippen molar-refractivity contribution in [2.75, 3.05) is 19.6 Å². The van der Waals surface area contributed by atoms with Crippen molar-refractivity contribution in [3.05, 3.63) is 0 Å². The lowest BCUT2D eigenvalue weighted by Crippen LogP contribution is -2.65. The molecular weight excluding hydrogens is 247 g/mol. The largest absolute Gasteiger partial charge is 0.351 e. The zero-order valence-corrected chi connectivity index (χ0v) is 11.1. The van der Waals surface area contributed by atoms with Gasteiger partial charge in [0, 0.05) is 5.92 Å². The zero-order valence-electron chi connectivity index (χ0n) is 10.3. The Morgan fingerprint density at radius 2 is 1.94 bits per heavy atom. The molecule has 17 heavy (non-hydrogen) atoms. The summed E-state index contributed by atoms with van der Waals surface area (Å²) >= 11 is 5.54. The molecule has 0 aromatic rings. The van der Waals surface area contributed by atoms with Crippen molar-refractivity contribution >= 4 is 23.4 Å². The van der Waals surface area contributed by atoms with Gasteiger partial charge in [0.1, 0.15) is 5.38 Å². The van der Waals surface area contributed by atoms with E-state index >= 15 is 0 Å². The number of hydrogen-bond acceptors (Lipinski definition) is 2. The van der Waals surface area contributed by atoms with Gasteiger partial charge in [0.15, 0.2) is 5.67 Å². The highest BCUT2D eigenvalue weighted by Gasteiger charge is 2.46. The highest BCUT2D eigenvalue weighted by atomic mass is 35.5. The van der Waals surface area contributed by atoms with E-state index in [1.54, 1.807) is 13.8 Å². The fourth-order valence-corrected chi connectivity index (χ4v) is 1.73. The molecule has 1 unspecified atom stereocenters. The van der Waals surface area contributed by atoms with Crippen LogP contribution in [0.3, 0.4) is 0 Å². The normalized spacial score (nSPS) is 19.8. The van der Waals surface area contributed by atoms with E-state index in [1.165, 1.54) is 11.8 Å². The Hall–Kier alpha value is -0.840. The Labute approximate surface area is 105 Å². The third-order valence-corrected chi connectivity index (χ3v) is 2.89. The summed E-state index contributed by atoms with van der Waals surface area (Å²) in [5, 5.41) is 1.76. The topological polar surface area (TPSA) is 49.4 Å². The molecule has 1 N–H and O–H groups in total. The van der Waals surface area contributed by atoms with Gasteiger partial charge < -0.3 is 10.2 Å². The summed E-state index contributed by atoms with van der Waals surface area (Å²) in [4.78, 5) is 24.1. The fraction of sp³-hybridized carbons (Fsp3) is 0.818. The number of nitrogens with zero attached hydrogens (tertiary/aromatic N) is 1. The van der Waals surface area contributed by atoms with Gasteiger partial charge in [-0.2, -0.15) is 0 Å². The summed E-state index contributed by atoms with van der Waals surface area (Å²) in [7, 11) is 0. The summed E-state index contributed by atoms with van der Waals surface area (Å²) in [6.45, 7) is 5.07. The lowest BCUT2D eigenvalue weighted by molar-refractivity contribution is -0.148. The smallest absolute Gasteiger partial charge is 0.237 e. The molecule has 1 aliphatic rings. The molecule has 0 bridgehead atoms. The molecule has 0 spiro atoms. The molecule has 1 rings (SSSR count). The van der Waals surface area contributed by atoms with Crippen LogP contribution in [0.2, 0.25) is 0 Å². The number of halogens is 2. The Balaban J connectivity index is 2.34. The van der Waals surface area contributed by atoms with E-state index in [4.69, 9.17) is 11.6 Å². The molecule has 0 aromatic heterocycles. The van der Waals surface area contributed by atoms with Gasteiger partial charge in [-0.05, 0) is 6.92 Å². The Morgan fingerprint density at radius 1 is 1.41 bits per heavy atom. The maximum atomic E-state index is 14.0. The highest BCUT2D eigenvalue weighted by molar-refractivity contribution is 6.30. The average Bonchev–Trinajstić information content (AvgIpc) is 2.20. The van der Waals surface area contributed by atoms with Gasteiger partial charge in [-0.1, -0.05) is 13.8 Å². The molecule has 6 heteroatoms. The Morgan fingerprint density at radius 3 is 2.35 bits per heavy atom. The van der Waals surface area contributed by atoms with Gasteiger partial charge in [-0.25, -0.2) is 4.39 Å². The van der Waals surface area contributed by atoms with Gasteiger partial charge >= 0.3 is 0 Å². The van der Waals surface area contributed by atoms with Gasteiger partial charge in [-0.15, -0.1) is 11.6 Å². The van der Waals surface area contributed by atoms with Crippen molar-refractivity contribution in [3.8, 4) is 0 Å². The summed E-state index contributed by atoms with van der Waals surface area (Å²) < 4.78 is 14.0. The zero-order chi connectivity index (χ0) is 13.2. The molecule has 1 aliphatic heterocycles. The number of hydrogen-bond donors (Lipinski definition) is 1. The molecule has 1 atom stereocenters. The Kier molecular flexibility index (Phi) is 4.36. The van der Waals surface area contributed by atoms with E-state index in [1.807, 2.05) is 0 Å². The van der Waals surface area contributed by atoms with Crippen LogP contribution in [-0.4, -0.2) is 47.4 Å². The minimum absolute atomic E-state index is 0.0426. The molecule has 0 aromatic carbocycles. The third-order valence-electron chi connectivity index (χ3n) is 2.69. The van der Waals surface area contributed by atoms with Crippen molar-refractivity contribution in [2.45, 2.75) is 31.8 Å². The van der Waals surface area contributed by atoms with Crippen LogP contribution in [0.4, 0.5) is 4.39 Å². The maximum absolute atomic E-state index is 14.0. The standard InChI is InChI=1S/C11H18ClFN2O2/c1-7(2)10(17)15-5-11(13,6-15)4-14-9(16)8(3)12/h7-8H,4-6H2,1-3H3,(H,14,16). The van der Waals surface area contributed by atoms with Crippen LogP contribution >= 0.6 is 11.6 Å². The second-order valence-corrected chi connectivity index (χ2v) is 5.49. The van der Waals surface area contributed by atoms with Gasteiger partial charge in [0.05, 0.1) is 19.6 Å². The van der Waals surface area contributed by atoms with Crippen LogP contribution in [0, 0.1) is 5.92 Å². The predicted molar refractivity (Wildman–Crippen MR) is 63.6 cm³/mol. The van der Waals surface area contributed by atoms with Crippen LogP contribution in [-0.2, 0) is 9.59 Å². The average molecular weight is 265 g/mol. The molecular formula is C11H18ClFN2O2. The van der Waals surface area contributed by atoms with Crippen LogP contribution in [0.15, 0.2) is 0 Å². The molecule has 1 fully saturated rings. The van der Waals surface area contributed by atoms with E-state index < -0.39 is 17.0 Å². The third kappa shape index (κ3) is 3.56. The fourth-order valence-electron chi connectivity index (χ4n) is 1.66. The number of carbonyl (C=O) groups excluding carboxylic acids is 2. The molecule has 1 heterocycles. The minimum atomic E-state index is -1.51. The van der Waals surface area contributed by atoms with Crippen molar-refractivity contribution in [3.63, 3.8) is 0 Å². The summed E-state index contributed by atoms with van der Waals surface area (Å²) in [5.41, 5.74) is -1.51. The van der Waals surface area contributed by atoms with E-state index in [9.17, 15) is 14.0 Å². The van der Waals surface area contributed by atoms with Crippen molar-refractivity contribution in [1.82, 2.24) is 10.2 Å². The first-order valence-electron chi connectivity index (χ1n) is 5.65. The maximum Gasteiger partial charge on any atom is 0.237 e. The predicted octanol–water partition coefficient (Wildman–Crippen LogP) is 0.936. The SMILES string of the molecule is CC(C)C(=O)N1CC(F)(CNC(=O)C(C)Cl)C1. The lowest BCUT2D eigenvalue weighted by Gasteiger charge is -2.45. The van der Waals surface area contributed by atoms with Gasteiger partial charge in [0.2, 0.25) is 11.8 Å². The first-order valence-corrected chi connectivity index (χ1v) is 6.08. The monoisotopic (exact) mass is 264 g/mol. The molecule has 2 amide bonds. The molecule has 4 nitrogen and oxygen atoms in total. The number of nitrogens with one attached hydrogen (secondary N) is 1. The summed E-state index contributed by atoms with van der Waals surface area (Å²) in [6, 6.07) is 0. The molecule has 0 aliphatic carbocycles. The van der Waals surface area contributed by atoms with Gasteiger partial charge in [-0.3, -0.25) is 9.59 Å². The van der Waals surface area contributed by atoms with Crippen LogP contribution < -0.4 is 5.32 Å². The van der Waals surface area contributed by atoms with E-state index in [-0.39, 0.29) is 31.5 Å². The number of rotatable bonds is 4. The van der Waals surface area contributed by atoms with Crippen molar-refractivity contribution in [1.29, 1.82) is 0 Å². The molecule has 1 saturated heterocycles. The summed E-state index contributed by atoms with van der Waals surface area (Å²) in [5.74, 6) is -0.579. The first-order chi connectivity index (χ1) is 7.75. The number of amides is 2. The second kappa shape index (κ2) is 5.21. The second-order valence-electron chi connectivity index (χ2n) is 4.83. The summed E-state index contributed by atoms with van der Waals surface area (Å²) in [6.07, 6.45) is 0. The van der Waals surface area contributed by atoms with Crippen molar-refractivity contribution in [2.24, 2.45) is 5.92 Å². The minimum Gasteiger partial charge on any atom is -0.351 e. The molecule has 0 radical (unpaired) electrons. The quantitative estimate of drug-likeness (QED) is 0.768. The van der Waals surface area contributed by atoms with E-state index in [0.717, 1.165) is 0 Å². The van der Waals surface area contributed by atoms with E-state index in [2.05, 4.69) is 5.32 Å². The first kappa shape index (κ1) is 14.2. The van der Waals surface area contributed by atoms with Crippen LogP contribution in [0.25, 0.3) is 0 Å². The van der Waals surface area contributed by atoms with Gasteiger partial charge in [0.25, 0.3) is 0 Å². The molecule has 0 saturated carbocycles. The number of likely N-dealkylation sites (tertiary alicyclic amines) is 1. The van der Waals surface area contributed by atoms with Crippen molar-refractivity contribution < 1.29 is 14.0 Å². The molecule has 98 valence electrons. The lowest BCUT2D eigenvalue weighted by atomic mass is 9.94. The number of carbonyl (C=O) groups is 2. The number of alkyl halides is 2. The van der Waals surface area contributed by atoms with Crippen LogP contribution in [0.1, 0.15) is 20.8 Å². The van der Waals surface area contributed by atoms with E-state index in [0.29, 0.717) is 0 Å².